The molecule has 19 heavy (non-hydrogen) atoms. The summed E-state index contributed by atoms with van der Waals surface area (Å²) in [6, 6.07) is 8.42. The molecule has 4 heteroatoms. The maximum Gasteiger partial charge on any atom is 0.0897 e. The molecule has 2 N–H and O–H groups in total. The van der Waals surface area contributed by atoms with E-state index in [4.69, 9.17) is 4.74 Å². The standard InChI is InChI=1S/C15H22BrNO2/c1-11(13-3-2-4-14(16)7-13)17-8-15(18)10-19-9-12-5-6-12/h2-4,7,11-12,15,17-18H,5-6,8-10H2,1H3/t11-,15?/m0/s1. The minimum Gasteiger partial charge on any atom is -0.389 e. The van der Waals surface area contributed by atoms with E-state index in [1.165, 1.54) is 18.4 Å². The number of aliphatic hydroxyl groups is 1. The van der Waals surface area contributed by atoms with Gasteiger partial charge in [-0.25, -0.2) is 0 Å². The molecule has 106 valence electrons. The highest BCUT2D eigenvalue weighted by Gasteiger charge is 2.21. The zero-order valence-electron chi connectivity index (χ0n) is 11.3. The lowest BCUT2D eigenvalue weighted by molar-refractivity contribution is 0.0315. The van der Waals surface area contributed by atoms with Gasteiger partial charge in [0, 0.05) is 23.7 Å². The summed E-state index contributed by atoms with van der Waals surface area (Å²) in [5, 5.41) is 13.2. The lowest BCUT2D eigenvalue weighted by Gasteiger charge is -2.18. The van der Waals surface area contributed by atoms with Crippen LogP contribution in [0.15, 0.2) is 28.7 Å². The highest BCUT2D eigenvalue weighted by Crippen LogP contribution is 2.28. The van der Waals surface area contributed by atoms with Crippen molar-refractivity contribution in [1.82, 2.24) is 5.32 Å². The maximum atomic E-state index is 9.84. The Morgan fingerprint density at radius 2 is 2.26 bits per heavy atom. The Balaban J connectivity index is 1.65. The van der Waals surface area contributed by atoms with Crippen LogP contribution in [0.3, 0.4) is 0 Å². The molecular weight excluding hydrogens is 306 g/mol. The van der Waals surface area contributed by atoms with Gasteiger partial charge in [0.15, 0.2) is 0 Å². The molecular formula is C15H22BrNO2. The lowest BCUT2D eigenvalue weighted by atomic mass is 10.1. The van der Waals surface area contributed by atoms with Gasteiger partial charge in [-0.05, 0) is 43.4 Å². The fourth-order valence-electron chi connectivity index (χ4n) is 1.92. The Morgan fingerprint density at radius 1 is 1.47 bits per heavy atom. The first kappa shape index (κ1) is 15.0. The third kappa shape index (κ3) is 5.61. The van der Waals surface area contributed by atoms with Gasteiger partial charge in [-0.3, -0.25) is 0 Å². The molecule has 1 unspecified atom stereocenters. The Bertz CT molecular complexity index is 395. The molecule has 0 aromatic heterocycles. The number of benzene rings is 1. The molecule has 1 aromatic rings. The van der Waals surface area contributed by atoms with Gasteiger partial charge >= 0.3 is 0 Å². The van der Waals surface area contributed by atoms with Gasteiger partial charge in [0.05, 0.1) is 12.7 Å². The predicted molar refractivity (Wildman–Crippen MR) is 80.1 cm³/mol. The van der Waals surface area contributed by atoms with E-state index in [-0.39, 0.29) is 6.04 Å². The van der Waals surface area contributed by atoms with Gasteiger partial charge in [0.25, 0.3) is 0 Å². The molecule has 0 amide bonds. The molecule has 0 radical (unpaired) electrons. The Hall–Kier alpha value is -0.420. The Morgan fingerprint density at radius 3 is 2.95 bits per heavy atom. The molecule has 3 nitrogen and oxygen atoms in total. The van der Waals surface area contributed by atoms with Crippen LogP contribution in [0.2, 0.25) is 0 Å². The van der Waals surface area contributed by atoms with Crippen molar-refractivity contribution in [3.63, 3.8) is 0 Å². The summed E-state index contributed by atoms with van der Waals surface area (Å²) in [6.07, 6.45) is 2.14. The van der Waals surface area contributed by atoms with Crippen molar-refractivity contribution in [2.24, 2.45) is 5.92 Å². The summed E-state index contributed by atoms with van der Waals surface area (Å²) >= 11 is 3.47. The van der Waals surface area contributed by atoms with Crippen molar-refractivity contribution in [2.45, 2.75) is 31.9 Å². The second-order valence-electron chi connectivity index (χ2n) is 5.32. The van der Waals surface area contributed by atoms with Crippen molar-refractivity contribution in [3.05, 3.63) is 34.3 Å². The highest BCUT2D eigenvalue weighted by atomic mass is 79.9. The summed E-state index contributed by atoms with van der Waals surface area (Å²) in [6.45, 7) is 3.88. The van der Waals surface area contributed by atoms with Crippen molar-refractivity contribution >= 4 is 15.9 Å². The van der Waals surface area contributed by atoms with Gasteiger partial charge in [-0.1, -0.05) is 28.1 Å². The van der Waals surface area contributed by atoms with Crippen LogP contribution in [0.25, 0.3) is 0 Å². The number of ether oxygens (including phenoxy) is 1. The fraction of sp³-hybridized carbons (Fsp3) is 0.600. The third-order valence-corrected chi connectivity index (χ3v) is 3.86. The summed E-state index contributed by atoms with van der Waals surface area (Å²) in [7, 11) is 0. The quantitative estimate of drug-likeness (QED) is 0.771. The van der Waals surface area contributed by atoms with Crippen molar-refractivity contribution in [1.29, 1.82) is 0 Å². The van der Waals surface area contributed by atoms with E-state index in [1.807, 2.05) is 12.1 Å². The maximum absolute atomic E-state index is 9.84. The van der Waals surface area contributed by atoms with Gasteiger partial charge in [0.2, 0.25) is 0 Å². The average molecular weight is 328 g/mol. The monoisotopic (exact) mass is 327 g/mol. The first-order chi connectivity index (χ1) is 9.15. The van der Waals surface area contributed by atoms with Gasteiger partial charge < -0.3 is 15.2 Å². The van der Waals surface area contributed by atoms with Gasteiger partial charge in [-0.15, -0.1) is 0 Å². The molecule has 1 aromatic carbocycles. The first-order valence-electron chi connectivity index (χ1n) is 6.90. The van der Waals surface area contributed by atoms with Gasteiger partial charge in [0.1, 0.15) is 0 Å². The van der Waals surface area contributed by atoms with E-state index in [1.54, 1.807) is 0 Å². The van der Waals surface area contributed by atoms with E-state index in [2.05, 4.69) is 40.3 Å². The molecule has 2 atom stereocenters. The second-order valence-corrected chi connectivity index (χ2v) is 6.24. The van der Waals surface area contributed by atoms with E-state index in [0.717, 1.165) is 17.0 Å². The summed E-state index contributed by atoms with van der Waals surface area (Å²) in [4.78, 5) is 0. The number of hydrogen-bond donors (Lipinski definition) is 2. The predicted octanol–water partition coefficient (Wildman–Crippen LogP) is 2.89. The number of hydrogen-bond acceptors (Lipinski definition) is 3. The van der Waals surface area contributed by atoms with Crippen LogP contribution in [-0.4, -0.2) is 31.0 Å². The SMILES string of the molecule is C[C@H](NCC(O)COCC1CC1)c1cccc(Br)c1. The zero-order chi connectivity index (χ0) is 13.7. The molecule has 1 aliphatic rings. The summed E-state index contributed by atoms with van der Waals surface area (Å²) in [5.74, 6) is 0.751. The number of halogens is 1. The summed E-state index contributed by atoms with van der Waals surface area (Å²) < 4.78 is 6.55. The highest BCUT2D eigenvalue weighted by molar-refractivity contribution is 9.10. The summed E-state index contributed by atoms with van der Waals surface area (Å²) in [5.41, 5.74) is 1.21. The third-order valence-electron chi connectivity index (χ3n) is 3.37. The fourth-order valence-corrected chi connectivity index (χ4v) is 2.34. The minimum atomic E-state index is -0.437. The molecule has 0 heterocycles. The Kier molecular flexibility index (Phi) is 5.82. The second kappa shape index (κ2) is 7.39. The largest absolute Gasteiger partial charge is 0.389 e. The molecule has 0 saturated heterocycles. The molecule has 0 aliphatic heterocycles. The number of nitrogens with one attached hydrogen (secondary N) is 1. The average Bonchev–Trinajstić information content (AvgIpc) is 3.20. The van der Waals surface area contributed by atoms with E-state index in [0.29, 0.717) is 13.2 Å². The van der Waals surface area contributed by atoms with Crippen LogP contribution in [-0.2, 0) is 4.74 Å². The smallest absolute Gasteiger partial charge is 0.0897 e. The normalized spacial score (nSPS) is 18.3. The van der Waals surface area contributed by atoms with E-state index >= 15 is 0 Å². The molecule has 1 fully saturated rings. The molecule has 2 rings (SSSR count). The van der Waals surface area contributed by atoms with Crippen LogP contribution in [0.1, 0.15) is 31.4 Å². The topological polar surface area (TPSA) is 41.5 Å². The molecule has 1 aliphatic carbocycles. The molecule has 0 bridgehead atoms. The Labute approximate surface area is 123 Å². The number of rotatable bonds is 8. The molecule has 1 saturated carbocycles. The first-order valence-corrected chi connectivity index (χ1v) is 7.69. The zero-order valence-corrected chi connectivity index (χ0v) is 12.9. The number of aliphatic hydroxyl groups excluding tert-OH is 1. The van der Waals surface area contributed by atoms with Crippen LogP contribution in [0.4, 0.5) is 0 Å². The lowest BCUT2D eigenvalue weighted by Crippen LogP contribution is -2.32. The van der Waals surface area contributed by atoms with Crippen LogP contribution < -0.4 is 5.32 Å². The van der Waals surface area contributed by atoms with Crippen LogP contribution in [0.5, 0.6) is 0 Å². The van der Waals surface area contributed by atoms with E-state index in [9.17, 15) is 5.11 Å². The van der Waals surface area contributed by atoms with Crippen LogP contribution in [0, 0.1) is 5.92 Å². The van der Waals surface area contributed by atoms with Crippen LogP contribution >= 0.6 is 15.9 Å². The van der Waals surface area contributed by atoms with Crippen molar-refractivity contribution in [2.75, 3.05) is 19.8 Å². The molecule has 0 spiro atoms. The minimum absolute atomic E-state index is 0.218. The van der Waals surface area contributed by atoms with Gasteiger partial charge in [-0.2, -0.15) is 0 Å². The van der Waals surface area contributed by atoms with Crippen molar-refractivity contribution in [3.8, 4) is 0 Å². The van der Waals surface area contributed by atoms with E-state index < -0.39 is 6.10 Å². The van der Waals surface area contributed by atoms with Crippen molar-refractivity contribution < 1.29 is 9.84 Å².